The normalized spacial score (nSPS) is 15.3. The predicted octanol–water partition coefficient (Wildman–Crippen LogP) is 4.95. The maximum Gasteiger partial charge on any atom is 0.173 e. The quantitative estimate of drug-likeness (QED) is 0.797. The first-order chi connectivity index (χ1) is 11.6. The van der Waals surface area contributed by atoms with Gasteiger partial charge in [0, 0.05) is 18.8 Å². The van der Waals surface area contributed by atoms with Crippen LogP contribution in [0.3, 0.4) is 0 Å². The fraction of sp³-hybridized carbons (Fsp3) is 0.381. The van der Waals surface area contributed by atoms with Crippen molar-refractivity contribution in [1.82, 2.24) is 4.90 Å². The van der Waals surface area contributed by atoms with E-state index in [1.165, 1.54) is 36.0 Å². The Labute approximate surface area is 150 Å². The zero-order valence-corrected chi connectivity index (χ0v) is 15.4. The first kappa shape index (κ1) is 17.0. The highest BCUT2D eigenvalue weighted by Gasteiger charge is 2.21. The van der Waals surface area contributed by atoms with Crippen LogP contribution in [0.25, 0.3) is 0 Å². The zero-order valence-electron chi connectivity index (χ0n) is 14.6. The summed E-state index contributed by atoms with van der Waals surface area (Å²) in [4.78, 5) is 2.32. The van der Waals surface area contributed by atoms with Crippen molar-refractivity contribution >= 4 is 23.0 Å². The molecule has 126 valence electrons. The molecule has 2 nitrogen and oxygen atoms in total. The molecule has 0 amide bonds. The first-order valence-corrected chi connectivity index (χ1v) is 9.20. The van der Waals surface area contributed by atoms with Crippen molar-refractivity contribution in [3.05, 3.63) is 65.2 Å². The first-order valence-electron chi connectivity index (χ1n) is 8.79. The van der Waals surface area contributed by atoms with E-state index in [2.05, 4.69) is 72.6 Å². The standard InChI is InChI=1S/C21H26N2S/c1-16-7-6-10-20(17(16)2)22-21(24)23-13-11-19(12-14-23)15-18-8-4-3-5-9-18/h3-10,19H,11-15H2,1-2H3,(H,22,24). The number of nitrogens with zero attached hydrogens (tertiary/aromatic N) is 1. The van der Waals surface area contributed by atoms with Crippen molar-refractivity contribution in [3.8, 4) is 0 Å². The Kier molecular flexibility index (Phi) is 5.52. The van der Waals surface area contributed by atoms with E-state index in [1.54, 1.807) is 0 Å². The monoisotopic (exact) mass is 338 g/mol. The van der Waals surface area contributed by atoms with Gasteiger partial charge in [0.2, 0.25) is 0 Å². The summed E-state index contributed by atoms with van der Waals surface area (Å²) in [5, 5.41) is 4.31. The zero-order chi connectivity index (χ0) is 16.9. The molecule has 0 aromatic heterocycles. The third-order valence-corrected chi connectivity index (χ3v) is 5.48. The third kappa shape index (κ3) is 4.15. The van der Waals surface area contributed by atoms with E-state index in [9.17, 15) is 0 Å². The van der Waals surface area contributed by atoms with Crippen molar-refractivity contribution in [1.29, 1.82) is 0 Å². The van der Waals surface area contributed by atoms with E-state index < -0.39 is 0 Å². The molecule has 0 radical (unpaired) electrons. The molecule has 1 saturated heterocycles. The summed E-state index contributed by atoms with van der Waals surface area (Å²) in [5.74, 6) is 0.771. The van der Waals surface area contributed by atoms with Crippen molar-refractivity contribution in [3.63, 3.8) is 0 Å². The summed E-state index contributed by atoms with van der Waals surface area (Å²) in [6.45, 7) is 6.38. The molecule has 2 aromatic rings. The van der Waals surface area contributed by atoms with Gasteiger partial charge in [-0.1, -0.05) is 42.5 Å². The maximum atomic E-state index is 5.64. The number of likely N-dealkylation sites (tertiary alicyclic amines) is 1. The molecule has 3 rings (SSSR count). The van der Waals surface area contributed by atoms with Gasteiger partial charge in [-0.3, -0.25) is 0 Å². The topological polar surface area (TPSA) is 15.3 Å². The number of benzene rings is 2. The number of nitrogens with one attached hydrogen (secondary N) is 1. The van der Waals surface area contributed by atoms with Crippen LogP contribution in [-0.2, 0) is 6.42 Å². The maximum absolute atomic E-state index is 5.64. The van der Waals surface area contributed by atoms with Gasteiger partial charge in [0.15, 0.2) is 5.11 Å². The van der Waals surface area contributed by atoms with Crippen molar-refractivity contribution in [2.45, 2.75) is 33.1 Å². The second-order valence-electron chi connectivity index (χ2n) is 6.80. The molecule has 0 saturated carbocycles. The summed E-state index contributed by atoms with van der Waals surface area (Å²) < 4.78 is 0. The van der Waals surface area contributed by atoms with E-state index >= 15 is 0 Å². The Morgan fingerprint density at radius 3 is 2.46 bits per heavy atom. The molecular weight excluding hydrogens is 312 g/mol. The average Bonchev–Trinajstić information content (AvgIpc) is 2.60. The molecule has 1 fully saturated rings. The fourth-order valence-electron chi connectivity index (χ4n) is 3.37. The van der Waals surface area contributed by atoms with Crippen molar-refractivity contribution in [2.24, 2.45) is 5.92 Å². The Hall–Kier alpha value is -1.87. The van der Waals surface area contributed by atoms with Gasteiger partial charge >= 0.3 is 0 Å². The number of hydrogen-bond acceptors (Lipinski definition) is 1. The summed E-state index contributed by atoms with van der Waals surface area (Å²) >= 11 is 5.64. The number of aryl methyl sites for hydroxylation is 1. The molecule has 1 heterocycles. The summed E-state index contributed by atoms with van der Waals surface area (Å²) in [5.41, 5.74) is 5.15. The molecular formula is C21H26N2S. The summed E-state index contributed by atoms with van der Waals surface area (Å²) in [6.07, 6.45) is 3.61. The van der Waals surface area contributed by atoms with Gasteiger partial charge in [-0.25, -0.2) is 0 Å². The number of anilines is 1. The van der Waals surface area contributed by atoms with Crippen molar-refractivity contribution < 1.29 is 0 Å². The molecule has 24 heavy (non-hydrogen) atoms. The van der Waals surface area contributed by atoms with Crippen LogP contribution in [0.4, 0.5) is 5.69 Å². The van der Waals surface area contributed by atoms with Crippen molar-refractivity contribution in [2.75, 3.05) is 18.4 Å². The molecule has 0 bridgehead atoms. The highest BCUT2D eigenvalue weighted by Crippen LogP contribution is 2.23. The Morgan fingerprint density at radius 1 is 1.04 bits per heavy atom. The third-order valence-electron chi connectivity index (χ3n) is 5.12. The molecule has 1 aliphatic rings. The minimum Gasteiger partial charge on any atom is -0.349 e. The summed E-state index contributed by atoms with van der Waals surface area (Å²) in [7, 11) is 0. The Balaban J connectivity index is 1.52. The minimum atomic E-state index is 0.771. The SMILES string of the molecule is Cc1cccc(NC(=S)N2CCC(Cc3ccccc3)CC2)c1C. The lowest BCUT2D eigenvalue weighted by atomic mass is 9.90. The minimum absolute atomic E-state index is 0.771. The molecule has 0 spiro atoms. The van der Waals surface area contributed by atoms with Crippen LogP contribution in [0.1, 0.15) is 29.5 Å². The second-order valence-corrected chi connectivity index (χ2v) is 7.18. The molecule has 2 aromatic carbocycles. The van der Waals surface area contributed by atoms with E-state index in [4.69, 9.17) is 12.2 Å². The molecule has 0 atom stereocenters. The van der Waals surface area contributed by atoms with Gasteiger partial charge in [-0.05, 0) is 74.0 Å². The van der Waals surface area contributed by atoms with Crippen LogP contribution in [0.15, 0.2) is 48.5 Å². The summed E-state index contributed by atoms with van der Waals surface area (Å²) in [6, 6.07) is 17.2. The predicted molar refractivity (Wildman–Crippen MR) is 107 cm³/mol. The largest absolute Gasteiger partial charge is 0.349 e. The average molecular weight is 339 g/mol. The number of piperidine rings is 1. The van der Waals surface area contributed by atoms with Gasteiger partial charge in [-0.2, -0.15) is 0 Å². The van der Waals surface area contributed by atoms with Crippen LogP contribution >= 0.6 is 12.2 Å². The lowest BCUT2D eigenvalue weighted by Crippen LogP contribution is -2.41. The highest BCUT2D eigenvalue weighted by atomic mass is 32.1. The van der Waals surface area contributed by atoms with Crippen LogP contribution in [0.5, 0.6) is 0 Å². The van der Waals surface area contributed by atoms with Crippen LogP contribution in [-0.4, -0.2) is 23.1 Å². The molecule has 0 unspecified atom stereocenters. The van der Waals surface area contributed by atoms with Gasteiger partial charge in [0.05, 0.1) is 0 Å². The van der Waals surface area contributed by atoms with E-state index in [-0.39, 0.29) is 0 Å². The van der Waals surface area contributed by atoms with Gasteiger partial charge in [0.1, 0.15) is 0 Å². The molecule has 1 aliphatic heterocycles. The van der Waals surface area contributed by atoms with Gasteiger partial charge < -0.3 is 10.2 Å². The number of rotatable bonds is 3. The molecule has 0 aliphatic carbocycles. The van der Waals surface area contributed by atoms with Gasteiger partial charge in [0.25, 0.3) is 0 Å². The van der Waals surface area contributed by atoms with Crippen LogP contribution in [0.2, 0.25) is 0 Å². The second kappa shape index (κ2) is 7.80. The highest BCUT2D eigenvalue weighted by molar-refractivity contribution is 7.80. The number of thiocarbonyl (C=S) groups is 1. The van der Waals surface area contributed by atoms with E-state index in [1.807, 2.05) is 0 Å². The van der Waals surface area contributed by atoms with E-state index in [0.717, 1.165) is 29.8 Å². The smallest absolute Gasteiger partial charge is 0.173 e. The molecule has 3 heteroatoms. The van der Waals surface area contributed by atoms with E-state index in [0.29, 0.717) is 0 Å². The van der Waals surface area contributed by atoms with Crippen LogP contribution in [0, 0.1) is 19.8 Å². The number of hydrogen-bond donors (Lipinski definition) is 1. The lowest BCUT2D eigenvalue weighted by Gasteiger charge is -2.34. The Bertz CT molecular complexity index is 688. The lowest BCUT2D eigenvalue weighted by molar-refractivity contribution is 0.268. The van der Waals surface area contributed by atoms with Crippen LogP contribution < -0.4 is 5.32 Å². The molecule has 1 N–H and O–H groups in total. The Morgan fingerprint density at radius 2 is 1.75 bits per heavy atom. The fourth-order valence-corrected chi connectivity index (χ4v) is 3.66. The van der Waals surface area contributed by atoms with Gasteiger partial charge in [-0.15, -0.1) is 0 Å².